The molecule has 3 rings (SSSR count). The van der Waals surface area contributed by atoms with Gasteiger partial charge in [0.1, 0.15) is 5.75 Å². The molecule has 0 saturated heterocycles. The Bertz CT molecular complexity index is 779. The van der Waals surface area contributed by atoms with E-state index in [1.54, 1.807) is 13.2 Å². The van der Waals surface area contributed by atoms with Crippen molar-refractivity contribution in [1.29, 1.82) is 0 Å². The zero-order valence-corrected chi connectivity index (χ0v) is 13.3. The number of carbonyl (C=O) groups is 1. The Kier molecular flexibility index (Phi) is 4.06. The Morgan fingerprint density at radius 2 is 1.95 bits per heavy atom. The van der Waals surface area contributed by atoms with Gasteiger partial charge in [0.15, 0.2) is 5.70 Å². The van der Waals surface area contributed by atoms with E-state index in [-0.39, 0.29) is 5.70 Å². The maximum Gasteiger partial charge on any atom is 0.363 e. The van der Waals surface area contributed by atoms with E-state index in [0.717, 1.165) is 21.3 Å². The second kappa shape index (κ2) is 6.15. The first-order chi connectivity index (χ1) is 10.7. The van der Waals surface area contributed by atoms with Crippen LogP contribution in [0.5, 0.6) is 5.75 Å². The van der Waals surface area contributed by atoms with Gasteiger partial charge in [-0.2, -0.15) is 0 Å². The second-order valence-electron chi connectivity index (χ2n) is 4.62. The summed E-state index contributed by atoms with van der Waals surface area (Å²) in [5.74, 6) is 0.617. The first-order valence-electron chi connectivity index (χ1n) is 6.58. The van der Waals surface area contributed by atoms with Gasteiger partial charge in [0, 0.05) is 10.0 Å². The molecule has 1 aliphatic rings. The van der Waals surface area contributed by atoms with Gasteiger partial charge >= 0.3 is 5.97 Å². The standard InChI is InChI=1S/C17H12BrNO3/c1-21-14-7-5-11(6-8-14)9-15-17(20)22-16(19-15)12-3-2-4-13(18)10-12/h2-10H,1H3/b15-9+. The van der Waals surface area contributed by atoms with Crippen molar-refractivity contribution in [3.8, 4) is 5.75 Å². The molecule has 0 unspecified atom stereocenters. The van der Waals surface area contributed by atoms with Crippen molar-refractivity contribution in [2.45, 2.75) is 0 Å². The highest BCUT2D eigenvalue weighted by molar-refractivity contribution is 9.10. The summed E-state index contributed by atoms with van der Waals surface area (Å²) < 4.78 is 11.2. The van der Waals surface area contributed by atoms with Gasteiger partial charge in [-0.25, -0.2) is 9.79 Å². The zero-order valence-electron chi connectivity index (χ0n) is 11.7. The average Bonchev–Trinajstić information content (AvgIpc) is 2.89. The van der Waals surface area contributed by atoms with Gasteiger partial charge in [-0.3, -0.25) is 0 Å². The predicted molar refractivity (Wildman–Crippen MR) is 87.7 cm³/mol. The Labute approximate surface area is 136 Å². The molecule has 2 aromatic rings. The number of halogens is 1. The SMILES string of the molecule is COc1ccc(/C=C2/N=C(c3cccc(Br)c3)OC2=O)cc1. The Morgan fingerprint density at radius 3 is 2.64 bits per heavy atom. The van der Waals surface area contributed by atoms with Crippen molar-refractivity contribution in [2.75, 3.05) is 7.11 Å². The lowest BCUT2D eigenvalue weighted by molar-refractivity contribution is -0.129. The smallest absolute Gasteiger partial charge is 0.363 e. The molecule has 1 heterocycles. The van der Waals surface area contributed by atoms with Crippen LogP contribution in [0.2, 0.25) is 0 Å². The summed E-state index contributed by atoms with van der Waals surface area (Å²) in [6, 6.07) is 14.8. The number of carbonyl (C=O) groups excluding carboxylic acids is 1. The van der Waals surface area contributed by atoms with Crippen LogP contribution in [0.25, 0.3) is 6.08 Å². The van der Waals surface area contributed by atoms with E-state index in [1.165, 1.54) is 0 Å². The van der Waals surface area contributed by atoms with Crippen LogP contribution in [-0.2, 0) is 9.53 Å². The van der Waals surface area contributed by atoms with Crippen LogP contribution in [0.15, 0.2) is 63.7 Å². The number of rotatable bonds is 3. The molecule has 0 aliphatic carbocycles. The first kappa shape index (κ1) is 14.5. The van der Waals surface area contributed by atoms with Gasteiger partial charge in [0.05, 0.1) is 7.11 Å². The highest BCUT2D eigenvalue weighted by Gasteiger charge is 2.24. The van der Waals surface area contributed by atoms with E-state index in [9.17, 15) is 4.79 Å². The van der Waals surface area contributed by atoms with Gasteiger partial charge < -0.3 is 9.47 Å². The van der Waals surface area contributed by atoms with Crippen molar-refractivity contribution >= 4 is 33.9 Å². The minimum Gasteiger partial charge on any atom is -0.497 e. The maximum absolute atomic E-state index is 11.9. The lowest BCUT2D eigenvalue weighted by atomic mass is 10.2. The van der Waals surface area contributed by atoms with Gasteiger partial charge in [0.2, 0.25) is 5.90 Å². The second-order valence-corrected chi connectivity index (χ2v) is 5.54. The fourth-order valence-electron chi connectivity index (χ4n) is 2.01. The van der Waals surface area contributed by atoms with Crippen LogP contribution < -0.4 is 4.74 Å². The van der Waals surface area contributed by atoms with Crippen LogP contribution in [0.3, 0.4) is 0 Å². The average molecular weight is 358 g/mol. The highest BCUT2D eigenvalue weighted by atomic mass is 79.9. The molecular formula is C17H12BrNO3. The lowest BCUT2D eigenvalue weighted by Crippen LogP contribution is -2.05. The summed E-state index contributed by atoms with van der Waals surface area (Å²) in [5.41, 5.74) is 1.88. The van der Waals surface area contributed by atoms with E-state index in [1.807, 2.05) is 48.5 Å². The molecule has 110 valence electrons. The van der Waals surface area contributed by atoms with Crippen LogP contribution in [0.1, 0.15) is 11.1 Å². The predicted octanol–water partition coefficient (Wildman–Crippen LogP) is 3.80. The topological polar surface area (TPSA) is 47.9 Å². The van der Waals surface area contributed by atoms with Gasteiger partial charge in [-0.05, 0) is 42.0 Å². The van der Waals surface area contributed by atoms with Crippen molar-refractivity contribution in [1.82, 2.24) is 0 Å². The van der Waals surface area contributed by atoms with Crippen molar-refractivity contribution < 1.29 is 14.3 Å². The third kappa shape index (κ3) is 3.09. The molecule has 0 saturated carbocycles. The number of cyclic esters (lactones) is 1. The monoisotopic (exact) mass is 357 g/mol. The van der Waals surface area contributed by atoms with Crippen LogP contribution >= 0.6 is 15.9 Å². The number of methoxy groups -OCH3 is 1. The number of esters is 1. The number of aliphatic imine (C=N–C) groups is 1. The minimum absolute atomic E-state index is 0.278. The highest BCUT2D eigenvalue weighted by Crippen LogP contribution is 2.21. The van der Waals surface area contributed by atoms with Crippen LogP contribution in [0.4, 0.5) is 0 Å². The van der Waals surface area contributed by atoms with E-state index >= 15 is 0 Å². The van der Waals surface area contributed by atoms with Gasteiger partial charge in [-0.15, -0.1) is 0 Å². The normalized spacial score (nSPS) is 15.6. The van der Waals surface area contributed by atoms with E-state index < -0.39 is 5.97 Å². The largest absolute Gasteiger partial charge is 0.497 e. The summed E-state index contributed by atoms with van der Waals surface area (Å²) in [5, 5.41) is 0. The van der Waals surface area contributed by atoms with Crippen molar-refractivity contribution in [3.05, 3.63) is 69.8 Å². The first-order valence-corrected chi connectivity index (χ1v) is 7.37. The molecule has 22 heavy (non-hydrogen) atoms. The van der Waals surface area contributed by atoms with Gasteiger partial charge in [0.25, 0.3) is 0 Å². The number of hydrogen-bond donors (Lipinski definition) is 0. The fraction of sp³-hybridized carbons (Fsp3) is 0.0588. The molecule has 0 amide bonds. The maximum atomic E-state index is 11.9. The minimum atomic E-state index is -0.453. The van der Waals surface area contributed by atoms with E-state index in [2.05, 4.69) is 20.9 Å². The summed E-state index contributed by atoms with van der Waals surface area (Å²) in [7, 11) is 1.61. The molecule has 0 bridgehead atoms. The lowest BCUT2D eigenvalue weighted by Gasteiger charge is -1.99. The van der Waals surface area contributed by atoms with Crippen molar-refractivity contribution in [2.24, 2.45) is 4.99 Å². The summed E-state index contributed by atoms with van der Waals surface area (Å²) >= 11 is 3.38. The summed E-state index contributed by atoms with van der Waals surface area (Å²) in [4.78, 5) is 16.2. The van der Waals surface area contributed by atoms with Gasteiger partial charge in [-0.1, -0.05) is 34.1 Å². The van der Waals surface area contributed by atoms with Crippen LogP contribution in [0, 0.1) is 0 Å². The molecule has 0 radical (unpaired) electrons. The molecule has 0 fully saturated rings. The Hall–Kier alpha value is -2.40. The zero-order chi connectivity index (χ0) is 15.5. The molecule has 1 aliphatic heterocycles. The third-order valence-corrected chi connectivity index (χ3v) is 3.60. The molecule has 0 spiro atoms. The molecule has 4 nitrogen and oxygen atoms in total. The van der Waals surface area contributed by atoms with Crippen LogP contribution in [-0.4, -0.2) is 19.0 Å². The number of nitrogens with zero attached hydrogens (tertiary/aromatic N) is 1. The molecule has 5 heteroatoms. The van der Waals surface area contributed by atoms with Crippen molar-refractivity contribution in [3.63, 3.8) is 0 Å². The Morgan fingerprint density at radius 1 is 1.18 bits per heavy atom. The quantitative estimate of drug-likeness (QED) is 0.619. The number of benzene rings is 2. The third-order valence-electron chi connectivity index (χ3n) is 3.11. The van der Waals surface area contributed by atoms with E-state index in [0.29, 0.717) is 5.90 Å². The number of hydrogen-bond acceptors (Lipinski definition) is 4. The molecule has 0 aromatic heterocycles. The number of ether oxygens (including phenoxy) is 2. The molecule has 2 aromatic carbocycles. The van der Waals surface area contributed by atoms with E-state index in [4.69, 9.17) is 9.47 Å². The molecular weight excluding hydrogens is 346 g/mol. The Balaban J connectivity index is 1.90. The summed E-state index contributed by atoms with van der Waals surface area (Å²) in [6.07, 6.45) is 1.69. The molecule has 0 N–H and O–H groups in total. The molecule has 0 atom stereocenters. The fourth-order valence-corrected chi connectivity index (χ4v) is 2.41. The summed E-state index contributed by atoms with van der Waals surface area (Å²) in [6.45, 7) is 0.